The maximum atomic E-state index is 9.06. The zero-order chi connectivity index (χ0) is 17.4. The van der Waals surface area contributed by atoms with Crippen LogP contribution in [0.5, 0.6) is 0 Å². The highest BCUT2D eigenvalue weighted by Gasteiger charge is 2.24. The summed E-state index contributed by atoms with van der Waals surface area (Å²) in [5.41, 5.74) is 9.80. The smallest absolute Gasteiger partial charge is 0.165 e. The van der Waals surface area contributed by atoms with Crippen molar-refractivity contribution >= 4 is 27.4 Å². The van der Waals surface area contributed by atoms with Gasteiger partial charge in [0, 0.05) is 29.8 Å². The third-order valence-electron chi connectivity index (χ3n) is 4.61. The largest absolute Gasteiger partial charge is 0.394 e. The van der Waals surface area contributed by atoms with Crippen LogP contribution in [0.2, 0.25) is 0 Å². The zero-order valence-corrected chi connectivity index (χ0v) is 15.3. The van der Waals surface area contributed by atoms with E-state index in [-0.39, 0.29) is 6.61 Å². The second kappa shape index (κ2) is 6.74. The molecule has 3 aromatic heterocycles. The van der Waals surface area contributed by atoms with Crippen molar-refractivity contribution < 1.29 is 5.11 Å². The SMILES string of the molecule is Nc1c(Br)c(C2CCCNC2)nc2c(-c3cnn(CCO)c3)cnn12. The highest BCUT2D eigenvalue weighted by Crippen LogP contribution is 2.34. The summed E-state index contributed by atoms with van der Waals surface area (Å²) >= 11 is 3.61. The van der Waals surface area contributed by atoms with Crippen LogP contribution in [0, 0.1) is 0 Å². The van der Waals surface area contributed by atoms with E-state index in [9.17, 15) is 0 Å². The molecule has 1 aliphatic rings. The number of fused-ring (bicyclic) bond motifs is 1. The highest BCUT2D eigenvalue weighted by molar-refractivity contribution is 9.10. The summed E-state index contributed by atoms with van der Waals surface area (Å²) in [7, 11) is 0. The molecule has 3 aromatic rings. The van der Waals surface area contributed by atoms with Gasteiger partial charge in [0.15, 0.2) is 5.65 Å². The Morgan fingerprint density at radius 3 is 3.00 bits per heavy atom. The average Bonchev–Trinajstić information content (AvgIpc) is 3.26. The molecule has 1 aliphatic heterocycles. The van der Waals surface area contributed by atoms with Crippen LogP contribution in [0.15, 0.2) is 23.1 Å². The van der Waals surface area contributed by atoms with Gasteiger partial charge < -0.3 is 16.2 Å². The Bertz CT molecular complexity index is 897. The lowest BCUT2D eigenvalue weighted by molar-refractivity contribution is 0.269. The first kappa shape index (κ1) is 16.5. The van der Waals surface area contributed by atoms with Crippen molar-refractivity contribution in [2.45, 2.75) is 25.3 Å². The third-order valence-corrected chi connectivity index (χ3v) is 5.42. The molecule has 0 radical (unpaired) electrons. The minimum atomic E-state index is 0.0485. The van der Waals surface area contributed by atoms with Crippen molar-refractivity contribution in [1.82, 2.24) is 29.7 Å². The van der Waals surface area contributed by atoms with Crippen molar-refractivity contribution in [3.8, 4) is 11.1 Å². The molecule has 0 aromatic carbocycles. The molecule has 8 nitrogen and oxygen atoms in total. The second-order valence-corrected chi connectivity index (χ2v) is 7.04. The number of nitrogens with zero attached hydrogens (tertiary/aromatic N) is 5. The van der Waals surface area contributed by atoms with Crippen LogP contribution in [0.3, 0.4) is 0 Å². The van der Waals surface area contributed by atoms with Gasteiger partial charge in [-0.2, -0.15) is 14.7 Å². The minimum absolute atomic E-state index is 0.0485. The Kier molecular flexibility index (Phi) is 4.45. The van der Waals surface area contributed by atoms with Gasteiger partial charge in [-0.3, -0.25) is 4.68 Å². The van der Waals surface area contributed by atoms with E-state index >= 15 is 0 Å². The lowest BCUT2D eigenvalue weighted by Crippen LogP contribution is -2.29. The van der Waals surface area contributed by atoms with Gasteiger partial charge in [0.05, 0.1) is 35.7 Å². The molecule has 1 atom stereocenters. The monoisotopic (exact) mass is 405 g/mol. The molecule has 0 bridgehead atoms. The topological polar surface area (TPSA) is 106 Å². The number of hydrogen-bond acceptors (Lipinski definition) is 6. The maximum absolute atomic E-state index is 9.06. The first-order valence-corrected chi connectivity index (χ1v) is 9.15. The molecule has 132 valence electrons. The average molecular weight is 406 g/mol. The van der Waals surface area contributed by atoms with E-state index in [0.29, 0.717) is 18.3 Å². The Morgan fingerprint density at radius 1 is 1.36 bits per heavy atom. The molecule has 9 heteroatoms. The van der Waals surface area contributed by atoms with Gasteiger partial charge in [-0.15, -0.1) is 0 Å². The Hall–Kier alpha value is -1.97. The molecule has 4 rings (SSSR count). The standard InChI is InChI=1S/C16H20BrN7O/c17-13-14(10-2-1-3-19-6-10)22-16-12(8-21-24(16)15(13)18)11-7-20-23(9-11)4-5-25/h7-10,19,25H,1-6,18H2. The molecule has 0 aliphatic carbocycles. The number of aromatic nitrogens is 5. The third kappa shape index (κ3) is 2.92. The van der Waals surface area contributed by atoms with Crippen LogP contribution in [-0.4, -0.2) is 49.2 Å². The highest BCUT2D eigenvalue weighted by atomic mass is 79.9. The number of halogens is 1. The number of aliphatic hydroxyl groups is 1. The van der Waals surface area contributed by atoms with E-state index in [0.717, 1.165) is 52.9 Å². The number of hydrogen-bond donors (Lipinski definition) is 3. The maximum Gasteiger partial charge on any atom is 0.165 e. The van der Waals surface area contributed by atoms with Crippen LogP contribution in [0.1, 0.15) is 24.5 Å². The number of aliphatic hydroxyl groups excluding tert-OH is 1. The van der Waals surface area contributed by atoms with E-state index < -0.39 is 0 Å². The fraction of sp³-hybridized carbons (Fsp3) is 0.438. The number of nitrogens with two attached hydrogens (primary N) is 1. The summed E-state index contributed by atoms with van der Waals surface area (Å²) in [4.78, 5) is 4.90. The van der Waals surface area contributed by atoms with Gasteiger partial charge in [-0.1, -0.05) is 0 Å². The van der Waals surface area contributed by atoms with Crippen molar-refractivity contribution in [1.29, 1.82) is 0 Å². The van der Waals surface area contributed by atoms with Crippen LogP contribution < -0.4 is 11.1 Å². The fourth-order valence-corrected chi connectivity index (χ4v) is 3.88. The van der Waals surface area contributed by atoms with E-state index in [1.807, 2.05) is 6.20 Å². The first-order valence-electron chi connectivity index (χ1n) is 8.36. The summed E-state index contributed by atoms with van der Waals surface area (Å²) in [6, 6.07) is 0. The minimum Gasteiger partial charge on any atom is -0.394 e. The second-order valence-electron chi connectivity index (χ2n) is 6.25. The number of nitrogen functional groups attached to an aromatic ring is 1. The Morgan fingerprint density at radius 2 is 2.24 bits per heavy atom. The number of rotatable bonds is 4. The molecular formula is C16H20BrN7O. The molecule has 25 heavy (non-hydrogen) atoms. The summed E-state index contributed by atoms with van der Waals surface area (Å²) in [6.45, 7) is 2.46. The molecule has 4 N–H and O–H groups in total. The molecule has 1 unspecified atom stereocenters. The summed E-state index contributed by atoms with van der Waals surface area (Å²) in [5, 5.41) is 21.1. The van der Waals surface area contributed by atoms with Gasteiger partial charge in [-0.25, -0.2) is 4.98 Å². The van der Waals surface area contributed by atoms with Gasteiger partial charge in [-0.05, 0) is 35.3 Å². The van der Waals surface area contributed by atoms with Gasteiger partial charge in [0.1, 0.15) is 5.82 Å². The predicted molar refractivity (Wildman–Crippen MR) is 98.3 cm³/mol. The molecule has 1 fully saturated rings. The molecule has 4 heterocycles. The molecular weight excluding hydrogens is 386 g/mol. The van der Waals surface area contributed by atoms with Crippen molar-refractivity contribution in [2.75, 3.05) is 25.4 Å². The van der Waals surface area contributed by atoms with Crippen LogP contribution in [0.25, 0.3) is 16.8 Å². The normalized spacial score (nSPS) is 18.1. The fourth-order valence-electron chi connectivity index (χ4n) is 3.30. The molecule has 0 spiro atoms. The van der Waals surface area contributed by atoms with E-state index in [2.05, 4.69) is 31.4 Å². The van der Waals surface area contributed by atoms with Gasteiger partial charge >= 0.3 is 0 Å². The lowest BCUT2D eigenvalue weighted by atomic mass is 9.96. The zero-order valence-electron chi connectivity index (χ0n) is 13.7. The van der Waals surface area contributed by atoms with E-state index in [1.165, 1.54) is 0 Å². The predicted octanol–water partition coefficient (Wildman–Crippen LogP) is 1.40. The van der Waals surface area contributed by atoms with Crippen molar-refractivity contribution in [2.24, 2.45) is 0 Å². The quantitative estimate of drug-likeness (QED) is 0.605. The lowest BCUT2D eigenvalue weighted by Gasteiger charge is -2.23. The summed E-state index contributed by atoms with van der Waals surface area (Å²) in [5.74, 6) is 0.884. The van der Waals surface area contributed by atoms with Crippen LogP contribution in [-0.2, 0) is 6.54 Å². The molecule has 1 saturated heterocycles. The Labute approximate surface area is 153 Å². The summed E-state index contributed by atoms with van der Waals surface area (Å²) < 4.78 is 4.18. The molecule has 0 saturated carbocycles. The number of anilines is 1. The van der Waals surface area contributed by atoms with E-state index in [4.69, 9.17) is 15.8 Å². The first-order chi connectivity index (χ1) is 12.2. The molecule has 0 amide bonds. The number of piperidine rings is 1. The van der Waals surface area contributed by atoms with Crippen molar-refractivity contribution in [3.05, 3.63) is 28.8 Å². The van der Waals surface area contributed by atoms with Crippen LogP contribution in [0.4, 0.5) is 5.82 Å². The number of nitrogens with one attached hydrogen (secondary N) is 1. The van der Waals surface area contributed by atoms with Gasteiger partial charge in [0.2, 0.25) is 0 Å². The van der Waals surface area contributed by atoms with Crippen molar-refractivity contribution in [3.63, 3.8) is 0 Å². The van der Waals surface area contributed by atoms with Gasteiger partial charge in [0.25, 0.3) is 0 Å². The Balaban J connectivity index is 1.82. The van der Waals surface area contributed by atoms with E-state index in [1.54, 1.807) is 21.6 Å². The summed E-state index contributed by atoms with van der Waals surface area (Å²) in [6.07, 6.45) is 7.62. The van der Waals surface area contributed by atoms with Crippen LogP contribution >= 0.6 is 15.9 Å².